The van der Waals surface area contributed by atoms with E-state index in [1.165, 1.54) is 5.56 Å². The lowest BCUT2D eigenvalue weighted by atomic mass is 10.1. The Morgan fingerprint density at radius 3 is 2.86 bits per heavy atom. The Bertz CT molecular complexity index is 420. The van der Waals surface area contributed by atoms with E-state index in [2.05, 4.69) is 48.5 Å². The Kier molecular flexibility index (Phi) is 8.67. The van der Waals surface area contributed by atoms with Crippen molar-refractivity contribution in [2.75, 3.05) is 13.1 Å². The second-order valence-corrected chi connectivity index (χ2v) is 5.60. The van der Waals surface area contributed by atoms with Crippen LogP contribution in [0.4, 0.5) is 0 Å². The second kappa shape index (κ2) is 10.3. The Balaban J connectivity index is 2.31. The number of carbonyl (C=O) groups is 1. The van der Waals surface area contributed by atoms with Crippen molar-refractivity contribution < 1.29 is 4.79 Å². The van der Waals surface area contributed by atoms with Crippen LogP contribution < -0.4 is 10.6 Å². The molecule has 1 rings (SSSR count). The maximum Gasteiger partial charge on any atom is 0.233 e. The van der Waals surface area contributed by atoms with Gasteiger partial charge in [0.25, 0.3) is 0 Å². The van der Waals surface area contributed by atoms with E-state index in [1.54, 1.807) is 0 Å². The number of nitrogens with zero attached hydrogens (tertiary/aromatic N) is 1. The molecule has 0 aliphatic rings. The van der Waals surface area contributed by atoms with Crippen LogP contribution in [0.2, 0.25) is 0 Å². The van der Waals surface area contributed by atoms with Gasteiger partial charge in [0, 0.05) is 30.9 Å². The minimum atomic E-state index is 0.0722. The maximum absolute atomic E-state index is 11.6. The molecule has 1 aromatic rings. The van der Waals surface area contributed by atoms with Crippen molar-refractivity contribution in [3.63, 3.8) is 0 Å². The summed E-state index contributed by atoms with van der Waals surface area (Å²) in [7, 11) is 0. The molecule has 0 spiro atoms. The predicted molar refractivity (Wildman–Crippen MR) is 87.3 cm³/mol. The van der Waals surface area contributed by atoms with Crippen LogP contribution >= 0.6 is 0 Å². The normalized spacial score (nSPS) is 12.1. The lowest BCUT2D eigenvalue weighted by molar-refractivity contribution is -0.120. The van der Waals surface area contributed by atoms with Crippen LogP contribution in [0.5, 0.6) is 0 Å². The van der Waals surface area contributed by atoms with Crippen molar-refractivity contribution in [1.29, 1.82) is 0 Å². The van der Waals surface area contributed by atoms with Gasteiger partial charge in [-0.15, -0.1) is 0 Å². The molecule has 4 nitrogen and oxygen atoms in total. The molecule has 0 aliphatic carbocycles. The zero-order valence-electron chi connectivity index (χ0n) is 13.6. The number of amides is 1. The molecule has 1 aromatic heterocycles. The predicted octanol–water partition coefficient (Wildman–Crippen LogP) is 2.47. The van der Waals surface area contributed by atoms with Crippen LogP contribution in [0, 0.1) is 0 Å². The van der Waals surface area contributed by atoms with Gasteiger partial charge in [0.2, 0.25) is 5.91 Å². The third-order valence-corrected chi connectivity index (χ3v) is 3.40. The maximum atomic E-state index is 11.6. The van der Waals surface area contributed by atoms with Crippen LogP contribution in [0.1, 0.15) is 51.3 Å². The van der Waals surface area contributed by atoms with Crippen molar-refractivity contribution in [2.24, 2.45) is 0 Å². The molecule has 2 N–H and O–H groups in total. The molecule has 4 heteroatoms. The standard InChI is InChI=1S/C17H29N3O/c1-4-6-9-19-17(21)13-20-14(3)11-16-12-15(7-5-2)8-10-18-16/h8,10,12,14,20H,4-7,9,11,13H2,1-3H3,(H,19,21). The van der Waals surface area contributed by atoms with E-state index < -0.39 is 0 Å². The van der Waals surface area contributed by atoms with Gasteiger partial charge in [-0.2, -0.15) is 0 Å². The topological polar surface area (TPSA) is 54.0 Å². The third-order valence-electron chi connectivity index (χ3n) is 3.40. The van der Waals surface area contributed by atoms with Gasteiger partial charge in [0.05, 0.1) is 6.54 Å². The molecule has 0 bridgehead atoms. The number of carbonyl (C=O) groups excluding carboxylic acids is 1. The van der Waals surface area contributed by atoms with E-state index in [1.807, 2.05) is 6.20 Å². The van der Waals surface area contributed by atoms with Gasteiger partial charge in [-0.3, -0.25) is 9.78 Å². The van der Waals surface area contributed by atoms with Crippen LogP contribution in [0.3, 0.4) is 0 Å². The van der Waals surface area contributed by atoms with Crippen LogP contribution in [0.15, 0.2) is 18.3 Å². The first kappa shape index (κ1) is 17.6. The number of rotatable bonds is 10. The monoisotopic (exact) mass is 291 g/mol. The molecule has 1 heterocycles. The summed E-state index contributed by atoms with van der Waals surface area (Å²) in [6, 6.07) is 4.49. The average Bonchev–Trinajstić information content (AvgIpc) is 2.46. The SMILES string of the molecule is CCCCNC(=O)CNC(C)Cc1cc(CCC)ccn1. The van der Waals surface area contributed by atoms with Crippen molar-refractivity contribution in [1.82, 2.24) is 15.6 Å². The van der Waals surface area contributed by atoms with Crippen LogP contribution in [-0.2, 0) is 17.6 Å². The molecular formula is C17H29N3O. The molecule has 0 saturated heterocycles. The average molecular weight is 291 g/mol. The number of unbranched alkanes of at least 4 members (excludes halogenated alkanes) is 1. The smallest absolute Gasteiger partial charge is 0.233 e. The number of nitrogens with one attached hydrogen (secondary N) is 2. The van der Waals surface area contributed by atoms with E-state index in [0.717, 1.165) is 44.3 Å². The highest BCUT2D eigenvalue weighted by Crippen LogP contribution is 2.06. The fraction of sp³-hybridized carbons (Fsp3) is 0.647. The molecule has 1 atom stereocenters. The summed E-state index contributed by atoms with van der Waals surface area (Å²) in [4.78, 5) is 16.0. The molecule has 1 amide bonds. The molecule has 0 saturated carbocycles. The summed E-state index contributed by atoms with van der Waals surface area (Å²) in [6.07, 6.45) is 7.11. The van der Waals surface area contributed by atoms with Crippen LogP contribution in [0.25, 0.3) is 0 Å². The summed E-state index contributed by atoms with van der Waals surface area (Å²) >= 11 is 0. The minimum absolute atomic E-state index is 0.0722. The first-order valence-electron chi connectivity index (χ1n) is 8.09. The van der Waals surface area contributed by atoms with Gasteiger partial charge in [-0.25, -0.2) is 0 Å². The lowest BCUT2D eigenvalue weighted by Crippen LogP contribution is -2.39. The summed E-state index contributed by atoms with van der Waals surface area (Å²) in [5, 5.41) is 6.17. The summed E-state index contributed by atoms with van der Waals surface area (Å²) in [6.45, 7) is 7.53. The second-order valence-electron chi connectivity index (χ2n) is 5.60. The van der Waals surface area contributed by atoms with E-state index in [0.29, 0.717) is 6.54 Å². The highest BCUT2D eigenvalue weighted by molar-refractivity contribution is 5.77. The number of hydrogen-bond acceptors (Lipinski definition) is 3. The quantitative estimate of drug-likeness (QED) is 0.651. The number of aryl methyl sites for hydroxylation is 1. The number of hydrogen-bond donors (Lipinski definition) is 2. The highest BCUT2D eigenvalue weighted by Gasteiger charge is 2.07. The lowest BCUT2D eigenvalue weighted by Gasteiger charge is -2.14. The van der Waals surface area contributed by atoms with Gasteiger partial charge in [-0.1, -0.05) is 26.7 Å². The van der Waals surface area contributed by atoms with E-state index in [4.69, 9.17) is 0 Å². The summed E-state index contributed by atoms with van der Waals surface area (Å²) in [5.74, 6) is 0.0722. The Morgan fingerprint density at radius 2 is 2.14 bits per heavy atom. The fourth-order valence-corrected chi connectivity index (χ4v) is 2.20. The highest BCUT2D eigenvalue weighted by atomic mass is 16.1. The van der Waals surface area contributed by atoms with Gasteiger partial charge >= 0.3 is 0 Å². The van der Waals surface area contributed by atoms with Gasteiger partial charge in [0.15, 0.2) is 0 Å². The van der Waals surface area contributed by atoms with Gasteiger partial charge in [-0.05, 0) is 37.5 Å². The van der Waals surface area contributed by atoms with Crippen molar-refractivity contribution >= 4 is 5.91 Å². The molecule has 0 fully saturated rings. The Hall–Kier alpha value is -1.42. The molecule has 0 aromatic carbocycles. The fourth-order valence-electron chi connectivity index (χ4n) is 2.20. The first-order chi connectivity index (χ1) is 10.2. The van der Waals surface area contributed by atoms with Crippen molar-refractivity contribution in [3.8, 4) is 0 Å². The number of aromatic nitrogens is 1. The third kappa shape index (κ3) is 7.81. The summed E-state index contributed by atoms with van der Waals surface area (Å²) in [5.41, 5.74) is 2.43. The zero-order valence-corrected chi connectivity index (χ0v) is 13.6. The van der Waals surface area contributed by atoms with E-state index in [9.17, 15) is 4.79 Å². The molecule has 0 aliphatic heterocycles. The van der Waals surface area contributed by atoms with E-state index in [-0.39, 0.29) is 11.9 Å². The Morgan fingerprint density at radius 1 is 1.33 bits per heavy atom. The van der Waals surface area contributed by atoms with Crippen molar-refractivity contribution in [2.45, 2.75) is 58.9 Å². The zero-order chi connectivity index (χ0) is 15.5. The van der Waals surface area contributed by atoms with Gasteiger partial charge in [0.1, 0.15) is 0 Å². The van der Waals surface area contributed by atoms with E-state index >= 15 is 0 Å². The molecular weight excluding hydrogens is 262 g/mol. The summed E-state index contributed by atoms with van der Waals surface area (Å²) < 4.78 is 0. The minimum Gasteiger partial charge on any atom is -0.355 e. The molecule has 0 radical (unpaired) electrons. The molecule has 1 unspecified atom stereocenters. The Labute approximate surface area is 128 Å². The first-order valence-corrected chi connectivity index (χ1v) is 8.09. The van der Waals surface area contributed by atoms with Gasteiger partial charge < -0.3 is 10.6 Å². The largest absolute Gasteiger partial charge is 0.355 e. The molecule has 118 valence electrons. The number of pyridine rings is 1. The van der Waals surface area contributed by atoms with Crippen LogP contribution in [-0.4, -0.2) is 30.0 Å². The molecule has 21 heavy (non-hydrogen) atoms. The van der Waals surface area contributed by atoms with Crippen molar-refractivity contribution in [3.05, 3.63) is 29.6 Å².